The smallest absolute Gasteiger partial charge is 0.0398 e. The summed E-state index contributed by atoms with van der Waals surface area (Å²) in [5.74, 6) is 0.949. The van der Waals surface area contributed by atoms with Gasteiger partial charge in [-0.15, -0.1) is 0 Å². The molecule has 1 aromatic rings. The van der Waals surface area contributed by atoms with Gasteiger partial charge in [-0.25, -0.2) is 0 Å². The fourth-order valence-corrected chi connectivity index (χ4v) is 1.23. The molecule has 0 aliphatic rings. The Morgan fingerprint density at radius 3 is 1.40 bits per heavy atom. The molecular weight excluding hydrogens is 240 g/mol. The maximum atomic E-state index is 2.31. The Kier molecular flexibility index (Phi) is 56.4. The largest absolute Gasteiger partial charge is 0.0776 e. The lowest BCUT2D eigenvalue weighted by Gasteiger charge is -2.02. The topological polar surface area (TPSA) is 0 Å². The van der Waals surface area contributed by atoms with E-state index in [9.17, 15) is 0 Å². The van der Waals surface area contributed by atoms with Crippen molar-refractivity contribution in [2.24, 2.45) is 5.92 Å². The monoisotopic (exact) mass is 286 g/mol. The molecule has 1 unspecified atom stereocenters. The molecule has 1 aromatic carbocycles. The Balaban J connectivity index is -0.0000000369. The van der Waals surface area contributed by atoms with E-state index in [1.54, 1.807) is 0 Å². The number of rotatable bonds is 3. The number of hydrogen-bond donors (Lipinski definition) is 0. The summed E-state index contributed by atoms with van der Waals surface area (Å²) in [6, 6.07) is 10.3. The molecule has 0 aliphatic carbocycles. The third-order valence-electron chi connectivity index (χ3n) is 2.42. The van der Waals surface area contributed by atoms with Crippen LogP contribution in [0.2, 0.25) is 0 Å². The van der Waals surface area contributed by atoms with Gasteiger partial charge in [0, 0.05) is 0 Å². The molecule has 0 bridgehead atoms. The van der Waals surface area contributed by atoms with Crippen LogP contribution in [0.15, 0.2) is 30.3 Å². The summed E-state index contributed by atoms with van der Waals surface area (Å²) in [5, 5.41) is 0. The Hall–Kier alpha value is -0.780. The lowest BCUT2D eigenvalue weighted by molar-refractivity contribution is 0.509. The number of aryl methyl sites for hydroxylation is 1. The van der Waals surface area contributed by atoms with Crippen LogP contribution in [0, 0.1) is 12.8 Å². The van der Waals surface area contributed by atoms with Gasteiger partial charge >= 0.3 is 0 Å². The highest BCUT2D eigenvalue weighted by Crippen LogP contribution is 2.07. The van der Waals surface area contributed by atoms with Gasteiger partial charge in [0.2, 0.25) is 0 Å². The van der Waals surface area contributed by atoms with Crippen molar-refractivity contribution in [1.29, 1.82) is 0 Å². The Morgan fingerprint density at radius 2 is 1.25 bits per heavy atom. The first-order valence-corrected chi connectivity index (χ1v) is 6.72. The molecule has 0 aliphatic heterocycles. The predicted octanol–water partition coefficient (Wildman–Crippen LogP) is 8.40. The van der Waals surface area contributed by atoms with Crippen molar-refractivity contribution >= 4 is 0 Å². The van der Waals surface area contributed by atoms with Gasteiger partial charge in [0.15, 0.2) is 0 Å². The molecule has 0 saturated carbocycles. The molecule has 0 heteroatoms. The van der Waals surface area contributed by atoms with E-state index < -0.39 is 0 Å². The van der Waals surface area contributed by atoms with Gasteiger partial charge in [0.25, 0.3) is 0 Å². The fraction of sp³-hybridized carbons (Fsp3) is 0.700. The van der Waals surface area contributed by atoms with E-state index in [4.69, 9.17) is 0 Å². The predicted molar refractivity (Wildman–Crippen MR) is 104 cm³/mol. The highest BCUT2D eigenvalue weighted by molar-refractivity contribution is 5.11. The molecule has 0 nitrogen and oxygen atoms in total. The van der Waals surface area contributed by atoms with Crippen LogP contribution in [0.4, 0.5) is 0 Å². The van der Waals surface area contributed by atoms with Gasteiger partial charge in [-0.2, -0.15) is 0 Å². The minimum atomic E-state index is 0. The van der Waals surface area contributed by atoms with Crippen molar-refractivity contribution in [1.82, 2.24) is 0 Å². The molecule has 0 saturated heterocycles. The van der Waals surface area contributed by atoms with Crippen LogP contribution in [-0.2, 0) is 0 Å². The maximum absolute atomic E-state index is 2.31. The van der Waals surface area contributed by atoms with Crippen LogP contribution >= 0.6 is 0 Å². The highest BCUT2D eigenvalue weighted by Gasteiger charge is 1.92. The van der Waals surface area contributed by atoms with Crippen LogP contribution in [0.1, 0.15) is 89.2 Å². The summed E-state index contributed by atoms with van der Waals surface area (Å²) in [7, 11) is 0. The molecule has 1 atom stereocenters. The zero-order valence-electron chi connectivity index (χ0n) is 12.1. The van der Waals surface area contributed by atoms with Gasteiger partial charge < -0.3 is 0 Å². The van der Waals surface area contributed by atoms with Crippen LogP contribution in [0.3, 0.4) is 0 Å². The first kappa shape index (κ1) is 36.5. The fourth-order valence-electron chi connectivity index (χ4n) is 1.23. The lowest BCUT2D eigenvalue weighted by atomic mass is 10.0. The van der Waals surface area contributed by atoms with Crippen molar-refractivity contribution < 1.29 is 0 Å². The maximum Gasteiger partial charge on any atom is -0.0398 e. The molecule has 20 heavy (non-hydrogen) atoms. The average Bonchev–Trinajstić information content (AvgIpc) is 2.34. The summed E-state index contributed by atoms with van der Waals surface area (Å²) in [6.45, 7) is 12.9. The summed E-state index contributed by atoms with van der Waals surface area (Å²) in [5.41, 5.74) is 1.32. The van der Waals surface area contributed by atoms with Crippen molar-refractivity contribution in [3.05, 3.63) is 35.9 Å². The quantitative estimate of drug-likeness (QED) is 0.523. The van der Waals surface area contributed by atoms with Gasteiger partial charge in [-0.3, -0.25) is 0 Å². The molecule has 0 amide bonds. The van der Waals surface area contributed by atoms with E-state index in [2.05, 4.69) is 39.8 Å². The molecule has 0 N–H and O–H groups in total. The van der Waals surface area contributed by atoms with Crippen molar-refractivity contribution in [2.75, 3.05) is 0 Å². The van der Waals surface area contributed by atoms with Crippen molar-refractivity contribution in [3.63, 3.8) is 0 Å². The average molecular weight is 287 g/mol. The SMILES string of the molecule is C.C.C.C.CC.CCCC(C)CC.Cc1ccccc1. The second kappa shape index (κ2) is 30.9. The van der Waals surface area contributed by atoms with Crippen LogP contribution in [0.25, 0.3) is 0 Å². The Morgan fingerprint density at radius 1 is 0.850 bits per heavy atom. The molecule has 0 aromatic heterocycles. The van der Waals surface area contributed by atoms with E-state index in [0.29, 0.717) is 0 Å². The Bertz CT molecular complexity index is 201. The highest BCUT2D eigenvalue weighted by atomic mass is 14.0. The molecule has 126 valence electrons. The summed E-state index contributed by atoms with van der Waals surface area (Å²) in [4.78, 5) is 0. The molecule has 0 spiro atoms. The summed E-state index contributed by atoms with van der Waals surface area (Å²) >= 11 is 0. The third kappa shape index (κ3) is 30.3. The zero-order chi connectivity index (χ0) is 12.8. The van der Waals surface area contributed by atoms with Crippen LogP contribution in [0.5, 0.6) is 0 Å². The first-order valence-electron chi connectivity index (χ1n) is 6.72. The lowest BCUT2D eigenvalue weighted by Crippen LogP contribution is -1.88. The van der Waals surface area contributed by atoms with Gasteiger partial charge in [-0.1, -0.05) is 119 Å². The van der Waals surface area contributed by atoms with E-state index >= 15 is 0 Å². The van der Waals surface area contributed by atoms with Crippen LogP contribution in [-0.4, -0.2) is 0 Å². The number of hydrogen-bond acceptors (Lipinski definition) is 0. The second-order valence-corrected chi connectivity index (χ2v) is 3.96. The summed E-state index contributed by atoms with van der Waals surface area (Å²) < 4.78 is 0. The van der Waals surface area contributed by atoms with E-state index in [1.807, 2.05) is 32.0 Å². The Labute approximate surface area is 133 Å². The third-order valence-corrected chi connectivity index (χ3v) is 2.42. The molecule has 0 fully saturated rings. The summed E-state index contributed by atoms with van der Waals surface area (Å²) in [6.07, 6.45) is 4.08. The van der Waals surface area contributed by atoms with E-state index in [0.717, 1.165) is 5.92 Å². The van der Waals surface area contributed by atoms with Crippen molar-refractivity contribution in [2.45, 2.75) is 90.5 Å². The zero-order valence-corrected chi connectivity index (χ0v) is 12.1. The molecule has 1 rings (SSSR count). The second-order valence-electron chi connectivity index (χ2n) is 3.96. The van der Waals surface area contributed by atoms with Crippen molar-refractivity contribution in [3.8, 4) is 0 Å². The molecule has 0 heterocycles. The first-order chi connectivity index (χ1) is 7.70. The van der Waals surface area contributed by atoms with E-state index in [1.165, 1.54) is 24.8 Å². The molecular formula is C20H46. The van der Waals surface area contributed by atoms with Gasteiger partial charge in [0.1, 0.15) is 0 Å². The van der Waals surface area contributed by atoms with Crippen LogP contribution < -0.4 is 0 Å². The minimum absolute atomic E-state index is 0. The van der Waals surface area contributed by atoms with Gasteiger partial charge in [-0.05, 0) is 12.8 Å². The standard InChI is InChI=1S/C7H8.C7H16.C2H6.4CH4/c1-7-5-3-2-4-6-7;1-4-6-7(3)5-2;1-2;;;;/h2-6H,1H3;7H,4-6H2,1-3H3;1-2H3;4*1H4. The van der Waals surface area contributed by atoms with Gasteiger partial charge in [0.05, 0.1) is 0 Å². The minimum Gasteiger partial charge on any atom is -0.0776 e. The van der Waals surface area contributed by atoms with E-state index in [-0.39, 0.29) is 29.7 Å². The molecule has 0 radical (unpaired) electrons. The normalized spacial score (nSPS) is 8.30. The number of benzene rings is 1.